The number of benzene rings is 2. The van der Waals surface area contributed by atoms with Crippen LogP contribution < -0.4 is 15.4 Å². The minimum atomic E-state index is -0.291. The number of rotatable bonds is 5. The summed E-state index contributed by atoms with van der Waals surface area (Å²) in [6.45, 7) is 0. The Labute approximate surface area is 172 Å². The normalized spacial score (nSPS) is 10.6. The highest BCUT2D eigenvalue weighted by atomic mass is 16.5. The monoisotopic (exact) mass is 401 g/mol. The fraction of sp³-hybridized carbons (Fsp3) is 0.0909. The maximum Gasteiger partial charge on any atom is 0.276 e. The molecule has 150 valence electrons. The first-order chi connectivity index (χ1) is 14.5. The standard InChI is InChI=1S/C22H19N5O3/c1-23-21(28)18-13-16(11-12-24-18)30-15-9-7-14(8-10-15)25-22(29)20-17-5-3-4-6-19(17)27(2)26-20/h3-13H,1-2H3,(H,23,28)(H,25,29). The largest absolute Gasteiger partial charge is 0.457 e. The van der Waals surface area contributed by atoms with E-state index in [1.54, 1.807) is 55.2 Å². The topological polar surface area (TPSA) is 98.1 Å². The van der Waals surface area contributed by atoms with Gasteiger partial charge in [0.05, 0.1) is 5.52 Å². The third-order valence-corrected chi connectivity index (χ3v) is 4.51. The molecule has 0 fully saturated rings. The van der Waals surface area contributed by atoms with Crippen molar-refractivity contribution < 1.29 is 14.3 Å². The van der Waals surface area contributed by atoms with Gasteiger partial charge in [-0.15, -0.1) is 0 Å². The molecule has 0 unspecified atom stereocenters. The second-order valence-electron chi connectivity index (χ2n) is 6.53. The van der Waals surface area contributed by atoms with Gasteiger partial charge < -0.3 is 15.4 Å². The summed E-state index contributed by atoms with van der Waals surface area (Å²) in [6.07, 6.45) is 1.51. The third kappa shape index (κ3) is 3.83. The van der Waals surface area contributed by atoms with Gasteiger partial charge in [-0.2, -0.15) is 5.10 Å². The lowest BCUT2D eigenvalue weighted by Gasteiger charge is -2.08. The van der Waals surface area contributed by atoms with Crippen LogP contribution in [-0.2, 0) is 7.05 Å². The Morgan fingerprint density at radius 3 is 2.50 bits per heavy atom. The van der Waals surface area contributed by atoms with Crippen LogP contribution >= 0.6 is 0 Å². The van der Waals surface area contributed by atoms with E-state index in [-0.39, 0.29) is 17.5 Å². The van der Waals surface area contributed by atoms with Gasteiger partial charge in [0.15, 0.2) is 5.69 Å². The second kappa shape index (κ2) is 8.04. The summed E-state index contributed by atoms with van der Waals surface area (Å²) in [6, 6.07) is 17.7. The predicted molar refractivity (Wildman–Crippen MR) is 113 cm³/mol. The molecule has 2 heterocycles. The average Bonchev–Trinajstić information content (AvgIpc) is 3.12. The molecule has 30 heavy (non-hydrogen) atoms. The van der Waals surface area contributed by atoms with Crippen molar-refractivity contribution in [3.8, 4) is 11.5 Å². The molecule has 0 aliphatic rings. The van der Waals surface area contributed by atoms with Crippen LogP contribution in [0.1, 0.15) is 21.0 Å². The number of nitrogens with zero attached hydrogens (tertiary/aromatic N) is 3. The highest BCUT2D eigenvalue weighted by Crippen LogP contribution is 2.24. The van der Waals surface area contributed by atoms with Crippen molar-refractivity contribution in [1.29, 1.82) is 0 Å². The molecule has 8 nitrogen and oxygen atoms in total. The van der Waals surface area contributed by atoms with Gasteiger partial charge in [-0.05, 0) is 36.4 Å². The Morgan fingerprint density at radius 2 is 1.73 bits per heavy atom. The van der Waals surface area contributed by atoms with E-state index in [0.29, 0.717) is 22.9 Å². The lowest BCUT2D eigenvalue weighted by Crippen LogP contribution is -2.18. The third-order valence-electron chi connectivity index (χ3n) is 4.51. The van der Waals surface area contributed by atoms with Gasteiger partial charge in [-0.1, -0.05) is 18.2 Å². The Morgan fingerprint density at radius 1 is 0.967 bits per heavy atom. The molecule has 2 amide bonds. The van der Waals surface area contributed by atoms with Gasteiger partial charge in [0.25, 0.3) is 11.8 Å². The SMILES string of the molecule is CNC(=O)c1cc(Oc2ccc(NC(=O)c3nn(C)c4ccccc34)cc2)ccn1. The molecule has 0 bridgehead atoms. The summed E-state index contributed by atoms with van der Waals surface area (Å²) in [4.78, 5) is 28.4. The minimum Gasteiger partial charge on any atom is -0.457 e. The van der Waals surface area contributed by atoms with Gasteiger partial charge in [-0.3, -0.25) is 19.3 Å². The molecule has 4 aromatic rings. The van der Waals surface area contributed by atoms with E-state index < -0.39 is 0 Å². The van der Waals surface area contributed by atoms with E-state index in [0.717, 1.165) is 10.9 Å². The summed E-state index contributed by atoms with van der Waals surface area (Å²) in [5.41, 5.74) is 2.14. The maximum atomic E-state index is 12.7. The Balaban J connectivity index is 1.47. The van der Waals surface area contributed by atoms with E-state index in [1.807, 2.05) is 24.3 Å². The van der Waals surface area contributed by atoms with Crippen molar-refractivity contribution in [2.75, 3.05) is 12.4 Å². The van der Waals surface area contributed by atoms with E-state index >= 15 is 0 Å². The van der Waals surface area contributed by atoms with E-state index in [9.17, 15) is 9.59 Å². The Kier molecular flexibility index (Phi) is 5.13. The van der Waals surface area contributed by atoms with Crippen LogP contribution in [0.15, 0.2) is 66.9 Å². The van der Waals surface area contributed by atoms with Gasteiger partial charge in [0, 0.05) is 37.4 Å². The quantitative estimate of drug-likeness (QED) is 0.534. The molecule has 0 radical (unpaired) electrons. The number of pyridine rings is 1. The van der Waals surface area contributed by atoms with Gasteiger partial charge in [0.1, 0.15) is 17.2 Å². The number of para-hydroxylation sites is 1. The highest BCUT2D eigenvalue weighted by molar-refractivity contribution is 6.11. The zero-order valence-corrected chi connectivity index (χ0v) is 16.4. The van der Waals surface area contributed by atoms with Crippen molar-refractivity contribution in [1.82, 2.24) is 20.1 Å². The fourth-order valence-corrected chi connectivity index (χ4v) is 3.04. The van der Waals surface area contributed by atoms with Crippen LogP contribution in [0.4, 0.5) is 5.69 Å². The number of amides is 2. The van der Waals surface area contributed by atoms with E-state index in [1.165, 1.54) is 6.20 Å². The summed E-state index contributed by atoms with van der Waals surface area (Å²) in [5.74, 6) is 0.469. The van der Waals surface area contributed by atoms with Gasteiger partial charge >= 0.3 is 0 Å². The number of ether oxygens (including phenoxy) is 1. The van der Waals surface area contributed by atoms with Crippen molar-refractivity contribution >= 4 is 28.4 Å². The van der Waals surface area contributed by atoms with Crippen LogP contribution in [-0.4, -0.2) is 33.6 Å². The summed E-state index contributed by atoms with van der Waals surface area (Å²) >= 11 is 0. The molecule has 0 spiro atoms. The number of aryl methyl sites for hydroxylation is 1. The summed E-state index contributed by atoms with van der Waals surface area (Å²) in [5, 5.41) is 10.5. The zero-order chi connectivity index (χ0) is 21.1. The number of carbonyl (C=O) groups is 2. The van der Waals surface area contributed by atoms with Crippen molar-refractivity contribution in [3.05, 3.63) is 78.2 Å². The number of carbonyl (C=O) groups excluding carboxylic acids is 2. The lowest BCUT2D eigenvalue weighted by molar-refractivity contribution is 0.0957. The van der Waals surface area contributed by atoms with E-state index in [2.05, 4.69) is 20.7 Å². The maximum absolute atomic E-state index is 12.7. The number of anilines is 1. The Hall–Kier alpha value is -4.20. The molecule has 0 aliphatic heterocycles. The van der Waals surface area contributed by atoms with Crippen LogP contribution in [0.2, 0.25) is 0 Å². The molecular weight excluding hydrogens is 382 g/mol. The average molecular weight is 401 g/mol. The van der Waals surface area contributed by atoms with Crippen molar-refractivity contribution in [3.63, 3.8) is 0 Å². The highest BCUT2D eigenvalue weighted by Gasteiger charge is 2.16. The second-order valence-corrected chi connectivity index (χ2v) is 6.53. The zero-order valence-electron chi connectivity index (χ0n) is 16.4. The molecule has 0 saturated carbocycles. The number of fused-ring (bicyclic) bond motifs is 1. The summed E-state index contributed by atoms with van der Waals surface area (Å²) < 4.78 is 7.45. The van der Waals surface area contributed by atoms with Gasteiger partial charge in [-0.25, -0.2) is 0 Å². The van der Waals surface area contributed by atoms with Crippen molar-refractivity contribution in [2.24, 2.45) is 7.05 Å². The first kappa shape index (κ1) is 19.1. The van der Waals surface area contributed by atoms with Crippen LogP contribution in [0, 0.1) is 0 Å². The first-order valence-corrected chi connectivity index (χ1v) is 9.24. The molecule has 8 heteroatoms. The number of nitrogens with one attached hydrogen (secondary N) is 2. The first-order valence-electron chi connectivity index (χ1n) is 9.24. The molecule has 0 saturated heterocycles. The fourth-order valence-electron chi connectivity index (χ4n) is 3.04. The van der Waals surface area contributed by atoms with Gasteiger partial charge in [0.2, 0.25) is 0 Å². The van der Waals surface area contributed by atoms with Crippen molar-refractivity contribution in [2.45, 2.75) is 0 Å². The molecule has 2 N–H and O–H groups in total. The summed E-state index contributed by atoms with van der Waals surface area (Å²) in [7, 11) is 3.35. The van der Waals surface area contributed by atoms with Crippen LogP contribution in [0.5, 0.6) is 11.5 Å². The van der Waals surface area contributed by atoms with E-state index in [4.69, 9.17) is 4.74 Å². The molecule has 0 aliphatic carbocycles. The lowest BCUT2D eigenvalue weighted by atomic mass is 10.2. The van der Waals surface area contributed by atoms with Crippen LogP contribution in [0.25, 0.3) is 10.9 Å². The molecular formula is C22H19N5O3. The molecule has 2 aromatic carbocycles. The Bertz CT molecular complexity index is 1230. The molecule has 0 atom stereocenters. The van der Waals surface area contributed by atoms with Crippen LogP contribution in [0.3, 0.4) is 0 Å². The number of aromatic nitrogens is 3. The minimum absolute atomic E-state index is 0.265. The smallest absolute Gasteiger partial charge is 0.276 e. The number of hydrogen-bond acceptors (Lipinski definition) is 5. The molecule has 4 rings (SSSR count). The number of hydrogen-bond donors (Lipinski definition) is 2. The predicted octanol–water partition coefficient (Wildman–Crippen LogP) is 3.37. The molecule has 2 aromatic heterocycles.